The molecule has 0 bridgehead atoms. The maximum absolute atomic E-state index is 12.0. The predicted octanol–water partition coefficient (Wildman–Crippen LogP) is 2.05. The van der Waals surface area contributed by atoms with E-state index in [2.05, 4.69) is 5.10 Å². The molecule has 0 aliphatic rings. The number of nitrogens with zero attached hydrogens (tertiary/aromatic N) is 3. The molecule has 1 N–H and O–H groups in total. The van der Waals surface area contributed by atoms with Crippen molar-refractivity contribution in [1.82, 2.24) is 14.7 Å². The Morgan fingerprint density at radius 1 is 1.45 bits per heavy atom. The van der Waals surface area contributed by atoms with Gasteiger partial charge in [0, 0.05) is 14.1 Å². The van der Waals surface area contributed by atoms with Gasteiger partial charge in [0.1, 0.15) is 11.2 Å². The third kappa shape index (κ3) is 3.49. The Hall–Kier alpha value is -2.05. The van der Waals surface area contributed by atoms with Gasteiger partial charge in [0.25, 0.3) is 0 Å². The van der Waals surface area contributed by atoms with E-state index in [4.69, 9.17) is 9.84 Å². The van der Waals surface area contributed by atoms with Crippen LogP contribution < -0.4 is 0 Å². The Bertz CT molecular complexity index is 516. The van der Waals surface area contributed by atoms with Crippen molar-refractivity contribution >= 4 is 12.1 Å². The summed E-state index contributed by atoms with van der Waals surface area (Å²) in [6.07, 6.45) is 0.763. The fourth-order valence-corrected chi connectivity index (χ4v) is 1.78. The minimum atomic E-state index is -1.07. The van der Waals surface area contributed by atoms with Crippen LogP contribution in [-0.2, 0) is 11.8 Å². The molecule has 0 aliphatic carbocycles. The first-order valence-electron chi connectivity index (χ1n) is 6.25. The fraction of sp³-hybridized carbons (Fsp3) is 0.615. The van der Waals surface area contributed by atoms with Gasteiger partial charge in [-0.1, -0.05) is 0 Å². The minimum absolute atomic E-state index is 0.0791. The van der Waals surface area contributed by atoms with Crippen molar-refractivity contribution in [2.75, 3.05) is 7.05 Å². The van der Waals surface area contributed by atoms with Crippen LogP contribution in [0, 0.1) is 0 Å². The number of aryl methyl sites for hydroxylation is 1. The van der Waals surface area contributed by atoms with E-state index in [-0.39, 0.29) is 5.56 Å². The second kappa shape index (κ2) is 5.52. The third-order valence-corrected chi connectivity index (χ3v) is 2.87. The summed E-state index contributed by atoms with van der Waals surface area (Å²) in [5.74, 6) is -1.07. The first-order chi connectivity index (χ1) is 9.04. The van der Waals surface area contributed by atoms with Crippen molar-refractivity contribution in [2.45, 2.75) is 39.3 Å². The van der Waals surface area contributed by atoms with E-state index in [0.29, 0.717) is 5.69 Å². The van der Waals surface area contributed by atoms with Crippen LogP contribution in [-0.4, -0.2) is 44.5 Å². The minimum Gasteiger partial charge on any atom is -0.478 e. The normalized spacial score (nSPS) is 12.9. The van der Waals surface area contributed by atoms with E-state index in [1.165, 1.54) is 15.8 Å². The average Bonchev–Trinajstić information content (AvgIpc) is 2.67. The molecule has 1 aromatic rings. The molecule has 0 saturated carbocycles. The van der Waals surface area contributed by atoms with Crippen LogP contribution in [0.3, 0.4) is 0 Å². The zero-order valence-corrected chi connectivity index (χ0v) is 12.7. The number of aromatic nitrogens is 2. The van der Waals surface area contributed by atoms with Crippen molar-refractivity contribution < 1.29 is 19.4 Å². The van der Waals surface area contributed by atoms with Crippen LogP contribution >= 0.6 is 0 Å². The number of carboxylic acid groups (broad SMARTS) is 1. The molecule has 1 heterocycles. The summed E-state index contributed by atoms with van der Waals surface area (Å²) in [6, 6.07) is -0.469. The molecule has 112 valence electrons. The molecule has 1 aromatic heterocycles. The molecule has 0 saturated heterocycles. The summed E-state index contributed by atoms with van der Waals surface area (Å²) in [5, 5.41) is 13.1. The second-order valence-electron chi connectivity index (χ2n) is 5.64. The van der Waals surface area contributed by atoms with Gasteiger partial charge in [-0.2, -0.15) is 5.10 Å². The number of ether oxygens (including phenoxy) is 1. The summed E-state index contributed by atoms with van der Waals surface area (Å²) in [7, 11) is 3.21. The van der Waals surface area contributed by atoms with Crippen LogP contribution in [0.4, 0.5) is 4.79 Å². The van der Waals surface area contributed by atoms with E-state index >= 15 is 0 Å². The zero-order valence-electron chi connectivity index (χ0n) is 12.7. The highest BCUT2D eigenvalue weighted by atomic mass is 16.6. The number of aromatic carboxylic acids is 1. The van der Waals surface area contributed by atoms with Gasteiger partial charge >= 0.3 is 12.1 Å². The van der Waals surface area contributed by atoms with Crippen molar-refractivity contribution in [2.24, 2.45) is 7.05 Å². The molecule has 0 radical (unpaired) electrons. The maximum Gasteiger partial charge on any atom is 0.410 e. The van der Waals surface area contributed by atoms with Gasteiger partial charge in [-0.05, 0) is 27.7 Å². The van der Waals surface area contributed by atoms with Gasteiger partial charge in [-0.15, -0.1) is 0 Å². The highest BCUT2D eigenvalue weighted by Crippen LogP contribution is 2.24. The number of carbonyl (C=O) groups is 2. The van der Waals surface area contributed by atoms with Gasteiger partial charge < -0.3 is 14.7 Å². The summed E-state index contributed by atoms with van der Waals surface area (Å²) in [4.78, 5) is 24.5. The van der Waals surface area contributed by atoms with Crippen molar-refractivity contribution in [3.63, 3.8) is 0 Å². The molecule has 0 spiro atoms. The number of amides is 1. The smallest absolute Gasteiger partial charge is 0.410 e. The highest BCUT2D eigenvalue weighted by Gasteiger charge is 2.28. The van der Waals surface area contributed by atoms with Crippen LogP contribution in [0.25, 0.3) is 0 Å². The summed E-state index contributed by atoms with van der Waals surface area (Å²) < 4.78 is 6.72. The maximum atomic E-state index is 12.0. The lowest BCUT2D eigenvalue weighted by Gasteiger charge is -2.29. The lowest BCUT2D eigenvalue weighted by Crippen LogP contribution is -2.36. The Morgan fingerprint density at radius 3 is 2.45 bits per heavy atom. The van der Waals surface area contributed by atoms with E-state index in [0.717, 1.165) is 0 Å². The van der Waals surface area contributed by atoms with Crippen molar-refractivity contribution in [1.29, 1.82) is 0 Å². The number of carboxylic acids is 1. The van der Waals surface area contributed by atoms with Gasteiger partial charge in [0.05, 0.1) is 17.9 Å². The predicted molar refractivity (Wildman–Crippen MR) is 72.6 cm³/mol. The number of hydrogen-bond donors (Lipinski definition) is 1. The molecule has 7 heteroatoms. The molecular formula is C13H21N3O4. The Balaban J connectivity index is 3.00. The molecule has 1 unspecified atom stereocenters. The SMILES string of the molecule is CC(c1c(C(=O)O)cnn1C)N(C)C(=O)OC(C)(C)C. The molecule has 1 rings (SSSR count). The van der Waals surface area contributed by atoms with Crippen molar-refractivity contribution in [3.05, 3.63) is 17.5 Å². The van der Waals surface area contributed by atoms with E-state index in [1.54, 1.807) is 41.8 Å². The Kier molecular flexibility index (Phi) is 4.42. The molecule has 1 amide bonds. The lowest BCUT2D eigenvalue weighted by atomic mass is 10.1. The van der Waals surface area contributed by atoms with E-state index < -0.39 is 23.7 Å². The van der Waals surface area contributed by atoms with Gasteiger partial charge in [0.2, 0.25) is 0 Å². The second-order valence-corrected chi connectivity index (χ2v) is 5.64. The highest BCUT2D eigenvalue weighted by molar-refractivity contribution is 5.89. The first-order valence-corrected chi connectivity index (χ1v) is 6.25. The average molecular weight is 283 g/mol. The number of hydrogen-bond acceptors (Lipinski definition) is 4. The molecular weight excluding hydrogens is 262 g/mol. The van der Waals surface area contributed by atoms with Crippen LogP contribution in [0.2, 0.25) is 0 Å². The fourth-order valence-electron chi connectivity index (χ4n) is 1.78. The first kappa shape index (κ1) is 16.0. The molecule has 7 nitrogen and oxygen atoms in total. The lowest BCUT2D eigenvalue weighted by molar-refractivity contribution is 0.0225. The molecule has 1 atom stereocenters. The number of carbonyl (C=O) groups excluding carboxylic acids is 1. The van der Waals surface area contributed by atoms with Gasteiger partial charge in [-0.25, -0.2) is 9.59 Å². The van der Waals surface area contributed by atoms with E-state index in [1.807, 2.05) is 0 Å². The molecule has 0 aromatic carbocycles. The molecule has 20 heavy (non-hydrogen) atoms. The topological polar surface area (TPSA) is 84.7 Å². The van der Waals surface area contributed by atoms with E-state index in [9.17, 15) is 9.59 Å². The number of rotatable bonds is 3. The summed E-state index contributed by atoms with van der Waals surface area (Å²) in [5.41, 5.74) is -0.0751. The Morgan fingerprint density at radius 2 is 2.00 bits per heavy atom. The van der Waals surface area contributed by atoms with Crippen LogP contribution in [0.5, 0.6) is 0 Å². The molecule has 0 fully saturated rings. The summed E-state index contributed by atoms with van der Waals surface area (Å²) >= 11 is 0. The van der Waals surface area contributed by atoms with Gasteiger partial charge in [0.15, 0.2) is 0 Å². The third-order valence-electron chi connectivity index (χ3n) is 2.87. The standard InChI is InChI=1S/C13H21N3O4/c1-8(15(5)12(19)20-13(2,3)4)10-9(11(17)18)7-14-16(10)6/h7-8H,1-6H3,(H,17,18). The van der Waals surface area contributed by atoms with Crippen LogP contribution in [0.15, 0.2) is 6.20 Å². The van der Waals surface area contributed by atoms with Gasteiger partial charge in [-0.3, -0.25) is 4.68 Å². The van der Waals surface area contributed by atoms with Crippen LogP contribution in [0.1, 0.15) is 49.8 Å². The van der Waals surface area contributed by atoms with Crippen molar-refractivity contribution in [3.8, 4) is 0 Å². The zero-order chi connectivity index (χ0) is 15.7. The monoisotopic (exact) mass is 283 g/mol. The largest absolute Gasteiger partial charge is 0.478 e. The summed E-state index contributed by atoms with van der Waals surface area (Å²) in [6.45, 7) is 7.05. The quantitative estimate of drug-likeness (QED) is 0.917. The molecule has 0 aliphatic heterocycles. The Labute approximate surface area is 118 Å².